The minimum atomic E-state index is 0.460. The number of thiazole rings is 1. The monoisotopic (exact) mass is 207 g/mol. The van der Waals surface area contributed by atoms with E-state index in [1.165, 1.54) is 11.3 Å². The van der Waals surface area contributed by atoms with Crippen LogP contribution in [0.25, 0.3) is 0 Å². The summed E-state index contributed by atoms with van der Waals surface area (Å²) in [4.78, 5) is 4.88. The van der Waals surface area contributed by atoms with E-state index in [0.29, 0.717) is 23.5 Å². The first kappa shape index (κ1) is 9.73. The Balaban J connectivity index is 2.70. The van der Waals surface area contributed by atoms with E-state index < -0.39 is 0 Å². The molecule has 1 heterocycles. The molecule has 6 heteroatoms. The molecule has 0 aliphatic heterocycles. The van der Waals surface area contributed by atoms with Crippen LogP contribution in [0, 0.1) is 0 Å². The van der Waals surface area contributed by atoms with Gasteiger partial charge in [0.2, 0.25) is 0 Å². The van der Waals surface area contributed by atoms with Gasteiger partial charge in [0.25, 0.3) is 5.19 Å². The predicted octanol–water partition coefficient (Wildman–Crippen LogP) is 1.16. The van der Waals surface area contributed by atoms with Gasteiger partial charge in [-0.2, -0.15) is 4.98 Å². The number of hydrogen-bond acceptors (Lipinski definition) is 5. The van der Waals surface area contributed by atoms with E-state index >= 15 is 0 Å². The molecule has 0 aliphatic rings. The lowest BCUT2D eigenvalue weighted by atomic mass is 10.6. The maximum absolute atomic E-state index is 5.78. The highest BCUT2D eigenvalue weighted by atomic mass is 35.5. The highest BCUT2D eigenvalue weighted by Gasteiger charge is 2.08. The van der Waals surface area contributed by atoms with Crippen molar-refractivity contribution in [2.24, 2.45) is 5.84 Å². The summed E-state index contributed by atoms with van der Waals surface area (Å²) in [7, 11) is 0. The van der Waals surface area contributed by atoms with E-state index in [2.05, 4.69) is 10.4 Å². The van der Waals surface area contributed by atoms with Gasteiger partial charge in [0, 0.05) is 6.54 Å². The van der Waals surface area contributed by atoms with Crippen molar-refractivity contribution in [3.63, 3.8) is 0 Å². The molecular formula is C6H10ClN3OS. The highest BCUT2D eigenvalue weighted by molar-refractivity contribution is 7.13. The SMILES string of the molecule is CCOc1nc(Cl)c(CNN)s1. The summed E-state index contributed by atoms with van der Waals surface area (Å²) < 4.78 is 5.17. The molecule has 12 heavy (non-hydrogen) atoms. The second-order valence-corrected chi connectivity index (χ2v) is 3.41. The number of hydrazine groups is 1. The number of ether oxygens (including phenoxy) is 1. The summed E-state index contributed by atoms with van der Waals surface area (Å²) >= 11 is 7.18. The molecule has 0 saturated carbocycles. The van der Waals surface area contributed by atoms with Gasteiger partial charge in [-0.25, -0.2) is 0 Å². The zero-order chi connectivity index (χ0) is 8.97. The molecule has 68 valence electrons. The van der Waals surface area contributed by atoms with Crippen LogP contribution in [0.15, 0.2) is 0 Å². The van der Waals surface area contributed by atoms with Crippen molar-refractivity contribution in [2.75, 3.05) is 6.61 Å². The molecule has 0 aromatic carbocycles. The Kier molecular flexibility index (Phi) is 3.74. The molecule has 0 atom stereocenters. The van der Waals surface area contributed by atoms with E-state index in [9.17, 15) is 0 Å². The lowest BCUT2D eigenvalue weighted by Gasteiger charge is -1.93. The largest absolute Gasteiger partial charge is 0.470 e. The quantitative estimate of drug-likeness (QED) is 0.575. The first-order chi connectivity index (χ1) is 5.77. The molecule has 1 aromatic rings. The maximum Gasteiger partial charge on any atom is 0.274 e. The number of halogens is 1. The first-order valence-corrected chi connectivity index (χ1v) is 4.68. The smallest absolute Gasteiger partial charge is 0.274 e. The molecule has 1 rings (SSSR count). The average molecular weight is 208 g/mol. The fraction of sp³-hybridized carbons (Fsp3) is 0.500. The fourth-order valence-electron chi connectivity index (χ4n) is 0.700. The van der Waals surface area contributed by atoms with Gasteiger partial charge in [-0.1, -0.05) is 22.9 Å². The van der Waals surface area contributed by atoms with E-state index in [1.807, 2.05) is 6.92 Å². The molecule has 0 aliphatic carbocycles. The van der Waals surface area contributed by atoms with Gasteiger partial charge in [0.05, 0.1) is 11.5 Å². The molecule has 3 N–H and O–H groups in total. The van der Waals surface area contributed by atoms with E-state index in [0.717, 1.165) is 4.88 Å². The van der Waals surface area contributed by atoms with Crippen LogP contribution in [0.2, 0.25) is 5.15 Å². The van der Waals surface area contributed by atoms with Gasteiger partial charge in [-0.3, -0.25) is 11.3 Å². The summed E-state index contributed by atoms with van der Waals surface area (Å²) in [5.41, 5.74) is 2.51. The molecule has 0 bridgehead atoms. The average Bonchev–Trinajstić information content (AvgIpc) is 2.34. The van der Waals surface area contributed by atoms with Crippen molar-refractivity contribution in [1.29, 1.82) is 0 Å². The van der Waals surface area contributed by atoms with Crippen molar-refractivity contribution in [3.05, 3.63) is 10.0 Å². The molecule has 0 radical (unpaired) electrons. The van der Waals surface area contributed by atoms with Crippen LogP contribution in [-0.2, 0) is 6.54 Å². The summed E-state index contributed by atoms with van der Waals surface area (Å²) in [5, 5.41) is 1.05. The standard InChI is InChI=1S/C6H10ClN3OS/c1-2-11-6-10-5(7)4(12-6)3-9-8/h9H,2-3,8H2,1H3. The molecule has 0 saturated heterocycles. The zero-order valence-electron chi connectivity index (χ0n) is 6.63. The Bertz CT molecular complexity index is 253. The third-order valence-electron chi connectivity index (χ3n) is 1.16. The topological polar surface area (TPSA) is 60.2 Å². The van der Waals surface area contributed by atoms with Crippen molar-refractivity contribution in [2.45, 2.75) is 13.5 Å². The van der Waals surface area contributed by atoms with Crippen LogP contribution in [0.3, 0.4) is 0 Å². The Morgan fingerprint density at radius 2 is 2.50 bits per heavy atom. The van der Waals surface area contributed by atoms with Crippen LogP contribution in [0.4, 0.5) is 0 Å². The van der Waals surface area contributed by atoms with Crippen molar-refractivity contribution in [1.82, 2.24) is 10.4 Å². The number of hydrogen-bond donors (Lipinski definition) is 2. The number of rotatable bonds is 4. The van der Waals surface area contributed by atoms with Crippen molar-refractivity contribution < 1.29 is 4.74 Å². The molecule has 0 amide bonds. The van der Waals surface area contributed by atoms with Crippen LogP contribution >= 0.6 is 22.9 Å². The molecule has 0 unspecified atom stereocenters. The number of nitrogens with one attached hydrogen (secondary N) is 1. The summed E-state index contributed by atoms with van der Waals surface area (Å²) in [5.74, 6) is 5.14. The zero-order valence-corrected chi connectivity index (χ0v) is 8.21. The summed E-state index contributed by atoms with van der Waals surface area (Å²) in [6.45, 7) is 3.01. The van der Waals surface area contributed by atoms with Crippen LogP contribution in [0.5, 0.6) is 5.19 Å². The van der Waals surface area contributed by atoms with Gasteiger partial charge in [-0.15, -0.1) is 0 Å². The van der Waals surface area contributed by atoms with Crippen LogP contribution < -0.4 is 16.0 Å². The summed E-state index contributed by atoms with van der Waals surface area (Å²) in [6.07, 6.45) is 0. The maximum atomic E-state index is 5.78. The number of nitrogens with two attached hydrogens (primary N) is 1. The number of aromatic nitrogens is 1. The highest BCUT2D eigenvalue weighted by Crippen LogP contribution is 2.28. The minimum absolute atomic E-state index is 0.460. The predicted molar refractivity (Wildman–Crippen MR) is 49.3 cm³/mol. The number of nitrogens with zero attached hydrogens (tertiary/aromatic N) is 1. The third-order valence-corrected chi connectivity index (χ3v) is 2.55. The molecule has 0 spiro atoms. The summed E-state index contributed by atoms with van der Waals surface area (Å²) in [6, 6.07) is 0. The molecule has 1 aromatic heterocycles. The van der Waals surface area contributed by atoms with Crippen LogP contribution in [0.1, 0.15) is 11.8 Å². The van der Waals surface area contributed by atoms with Gasteiger partial charge in [0.15, 0.2) is 0 Å². The lowest BCUT2D eigenvalue weighted by Crippen LogP contribution is -2.20. The normalized spacial score (nSPS) is 10.2. The first-order valence-electron chi connectivity index (χ1n) is 3.49. The second kappa shape index (κ2) is 4.61. The van der Waals surface area contributed by atoms with E-state index in [-0.39, 0.29) is 0 Å². The van der Waals surface area contributed by atoms with Gasteiger partial charge in [0.1, 0.15) is 5.15 Å². The Morgan fingerprint density at radius 3 is 3.08 bits per heavy atom. The second-order valence-electron chi connectivity index (χ2n) is 2.01. The third kappa shape index (κ3) is 2.31. The van der Waals surface area contributed by atoms with Gasteiger partial charge in [-0.05, 0) is 6.92 Å². The van der Waals surface area contributed by atoms with E-state index in [4.69, 9.17) is 22.2 Å². The molecule has 0 fully saturated rings. The Hall–Kier alpha value is -0.360. The van der Waals surface area contributed by atoms with E-state index in [1.54, 1.807) is 0 Å². The van der Waals surface area contributed by atoms with Crippen molar-refractivity contribution >= 4 is 22.9 Å². The van der Waals surface area contributed by atoms with Gasteiger partial charge >= 0.3 is 0 Å². The van der Waals surface area contributed by atoms with Crippen molar-refractivity contribution in [3.8, 4) is 5.19 Å². The fourth-order valence-corrected chi connectivity index (χ4v) is 1.82. The van der Waals surface area contributed by atoms with Crippen LogP contribution in [-0.4, -0.2) is 11.6 Å². The Morgan fingerprint density at radius 1 is 1.75 bits per heavy atom. The minimum Gasteiger partial charge on any atom is -0.470 e. The molecular weight excluding hydrogens is 198 g/mol. The lowest BCUT2D eigenvalue weighted by molar-refractivity contribution is 0.338. The Labute approximate surface area is 79.7 Å². The van der Waals surface area contributed by atoms with Gasteiger partial charge < -0.3 is 4.74 Å². The molecule has 4 nitrogen and oxygen atoms in total.